The van der Waals surface area contributed by atoms with Crippen LogP contribution in [0.5, 0.6) is 0 Å². The zero-order valence-corrected chi connectivity index (χ0v) is 12.4. The smallest absolute Gasteiger partial charge is 0.0646 e. The van der Waals surface area contributed by atoms with E-state index in [1.165, 1.54) is 24.8 Å². The molecule has 0 atom stereocenters. The molecular formula is C15H18BrN3. The van der Waals surface area contributed by atoms with Gasteiger partial charge >= 0.3 is 0 Å². The maximum atomic E-state index is 6.54. The molecule has 1 aromatic heterocycles. The first-order valence-corrected chi connectivity index (χ1v) is 7.57. The third-order valence-electron chi connectivity index (χ3n) is 4.00. The highest BCUT2D eigenvalue weighted by Gasteiger charge is 2.29. The lowest BCUT2D eigenvalue weighted by Gasteiger charge is -2.34. The van der Waals surface area contributed by atoms with Crippen LogP contribution >= 0.6 is 15.9 Å². The van der Waals surface area contributed by atoms with E-state index >= 15 is 0 Å². The summed E-state index contributed by atoms with van der Waals surface area (Å²) in [6, 6.07) is 8.49. The number of hydrogen-bond acceptors (Lipinski definition) is 2. The van der Waals surface area contributed by atoms with Crippen molar-refractivity contribution in [2.24, 2.45) is 5.73 Å². The zero-order chi connectivity index (χ0) is 13.3. The van der Waals surface area contributed by atoms with Gasteiger partial charge < -0.3 is 5.73 Å². The van der Waals surface area contributed by atoms with Gasteiger partial charge in [-0.3, -0.25) is 0 Å². The minimum Gasteiger partial charge on any atom is -0.321 e. The lowest BCUT2D eigenvalue weighted by atomic mass is 9.77. The van der Waals surface area contributed by atoms with Crippen molar-refractivity contribution in [3.63, 3.8) is 0 Å². The predicted octanol–water partition coefficient (Wildman–Crippen LogP) is 3.75. The molecule has 3 rings (SSSR count). The van der Waals surface area contributed by atoms with Crippen molar-refractivity contribution < 1.29 is 0 Å². The van der Waals surface area contributed by atoms with E-state index in [0.29, 0.717) is 0 Å². The minimum atomic E-state index is -0.124. The molecule has 1 saturated carbocycles. The Hall–Kier alpha value is -1.13. The number of benzene rings is 1. The number of halogens is 1. The van der Waals surface area contributed by atoms with Crippen LogP contribution in [0.1, 0.15) is 37.7 Å². The van der Waals surface area contributed by atoms with Gasteiger partial charge in [-0.2, -0.15) is 5.10 Å². The van der Waals surface area contributed by atoms with Crippen LogP contribution in [0.2, 0.25) is 0 Å². The summed E-state index contributed by atoms with van der Waals surface area (Å²) in [7, 11) is 0. The predicted molar refractivity (Wildman–Crippen MR) is 80.2 cm³/mol. The Balaban J connectivity index is 1.86. The van der Waals surface area contributed by atoms with E-state index in [1.807, 2.05) is 10.9 Å². The summed E-state index contributed by atoms with van der Waals surface area (Å²) in [6.07, 6.45) is 9.74. The third kappa shape index (κ3) is 2.60. The highest BCUT2D eigenvalue weighted by molar-refractivity contribution is 9.10. The molecule has 1 fully saturated rings. The lowest BCUT2D eigenvalue weighted by Crippen LogP contribution is -2.38. The molecule has 0 saturated heterocycles. The standard InChI is InChI=1S/C15H18BrN3/c16-13-10-18-19(11-13)14-6-4-12(5-7-14)15(17)8-2-1-3-9-15/h4-7,10-11H,1-3,8-9,17H2. The van der Waals surface area contributed by atoms with Crippen LogP contribution in [-0.2, 0) is 5.54 Å². The Labute approximate surface area is 121 Å². The van der Waals surface area contributed by atoms with Crippen molar-refractivity contribution in [1.29, 1.82) is 0 Å². The molecule has 19 heavy (non-hydrogen) atoms. The van der Waals surface area contributed by atoms with Crippen LogP contribution in [0, 0.1) is 0 Å². The van der Waals surface area contributed by atoms with E-state index in [4.69, 9.17) is 5.73 Å². The van der Waals surface area contributed by atoms with Crippen molar-refractivity contribution in [3.8, 4) is 5.69 Å². The largest absolute Gasteiger partial charge is 0.321 e. The van der Waals surface area contributed by atoms with Gasteiger partial charge in [-0.1, -0.05) is 31.4 Å². The Morgan fingerprint density at radius 2 is 1.79 bits per heavy atom. The molecule has 1 aliphatic carbocycles. The third-order valence-corrected chi connectivity index (χ3v) is 4.41. The number of nitrogens with zero attached hydrogens (tertiary/aromatic N) is 2. The van der Waals surface area contributed by atoms with Gasteiger partial charge in [0.2, 0.25) is 0 Å². The summed E-state index contributed by atoms with van der Waals surface area (Å²) >= 11 is 3.41. The molecule has 4 heteroatoms. The summed E-state index contributed by atoms with van der Waals surface area (Å²) in [5, 5.41) is 4.28. The Kier molecular flexibility index (Phi) is 3.46. The Morgan fingerprint density at radius 1 is 1.11 bits per heavy atom. The van der Waals surface area contributed by atoms with Crippen LogP contribution in [0.25, 0.3) is 5.69 Å². The second-order valence-corrected chi connectivity index (χ2v) is 6.28. The summed E-state index contributed by atoms with van der Waals surface area (Å²) in [5.41, 5.74) is 8.74. The molecule has 3 nitrogen and oxygen atoms in total. The number of hydrogen-bond donors (Lipinski definition) is 1. The fourth-order valence-electron chi connectivity index (χ4n) is 2.86. The molecule has 0 aliphatic heterocycles. The highest BCUT2D eigenvalue weighted by Crippen LogP contribution is 2.34. The molecule has 100 valence electrons. The van der Waals surface area contributed by atoms with Gasteiger partial charge in [0.25, 0.3) is 0 Å². The average Bonchev–Trinajstić information content (AvgIpc) is 2.87. The fraction of sp³-hybridized carbons (Fsp3) is 0.400. The van der Waals surface area contributed by atoms with Gasteiger partial charge in [-0.05, 0) is 46.5 Å². The van der Waals surface area contributed by atoms with Crippen LogP contribution in [-0.4, -0.2) is 9.78 Å². The Morgan fingerprint density at radius 3 is 2.37 bits per heavy atom. The summed E-state index contributed by atoms with van der Waals surface area (Å²) in [4.78, 5) is 0. The first-order chi connectivity index (χ1) is 9.17. The van der Waals surface area contributed by atoms with Gasteiger partial charge in [0.1, 0.15) is 0 Å². The van der Waals surface area contributed by atoms with Gasteiger partial charge in [0.05, 0.1) is 16.4 Å². The van der Waals surface area contributed by atoms with Crippen molar-refractivity contribution in [2.75, 3.05) is 0 Å². The van der Waals surface area contributed by atoms with E-state index in [0.717, 1.165) is 23.0 Å². The minimum absolute atomic E-state index is 0.124. The molecule has 2 N–H and O–H groups in total. The van der Waals surface area contributed by atoms with Crippen LogP contribution < -0.4 is 5.73 Å². The SMILES string of the molecule is NC1(c2ccc(-n3cc(Br)cn3)cc2)CCCCC1. The van der Waals surface area contributed by atoms with Gasteiger partial charge in [0, 0.05) is 11.7 Å². The van der Waals surface area contributed by atoms with Crippen LogP contribution in [0.3, 0.4) is 0 Å². The molecular weight excluding hydrogens is 302 g/mol. The molecule has 0 radical (unpaired) electrons. The van der Waals surface area contributed by atoms with Gasteiger partial charge in [-0.15, -0.1) is 0 Å². The Bertz CT molecular complexity index is 553. The quantitative estimate of drug-likeness (QED) is 0.916. The molecule has 1 heterocycles. The zero-order valence-electron chi connectivity index (χ0n) is 10.8. The van der Waals surface area contributed by atoms with Crippen molar-refractivity contribution in [2.45, 2.75) is 37.6 Å². The maximum absolute atomic E-state index is 6.54. The van der Waals surface area contributed by atoms with Crippen LogP contribution in [0.4, 0.5) is 0 Å². The number of aromatic nitrogens is 2. The lowest BCUT2D eigenvalue weighted by molar-refractivity contribution is 0.302. The van der Waals surface area contributed by atoms with Gasteiger partial charge in [0.15, 0.2) is 0 Å². The van der Waals surface area contributed by atoms with E-state index < -0.39 is 0 Å². The first-order valence-electron chi connectivity index (χ1n) is 6.77. The van der Waals surface area contributed by atoms with E-state index in [-0.39, 0.29) is 5.54 Å². The van der Waals surface area contributed by atoms with Crippen LogP contribution in [0.15, 0.2) is 41.1 Å². The molecule has 0 bridgehead atoms. The van der Waals surface area contributed by atoms with Crippen molar-refractivity contribution in [3.05, 3.63) is 46.7 Å². The second kappa shape index (κ2) is 5.10. The van der Waals surface area contributed by atoms with Crippen molar-refractivity contribution >= 4 is 15.9 Å². The van der Waals surface area contributed by atoms with E-state index in [9.17, 15) is 0 Å². The number of nitrogens with two attached hydrogens (primary N) is 1. The summed E-state index contributed by atoms with van der Waals surface area (Å²) < 4.78 is 2.84. The second-order valence-electron chi connectivity index (χ2n) is 5.37. The molecule has 0 unspecified atom stereocenters. The van der Waals surface area contributed by atoms with E-state index in [2.05, 4.69) is 45.3 Å². The molecule has 0 spiro atoms. The average molecular weight is 320 g/mol. The molecule has 1 aliphatic rings. The number of rotatable bonds is 2. The molecule has 1 aromatic carbocycles. The first kappa shape index (κ1) is 12.9. The topological polar surface area (TPSA) is 43.8 Å². The van der Waals surface area contributed by atoms with Crippen molar-refractivity contribution in [1.82, 2.24) is 9.78 Å². The maximum Gasteiger partial charge on any atom is 0.0646 e. The normalized spacial score (nSPS) is 18.4. The summed E-state index contributed by atoms with van der Waals surface area (Å²) in [5.74, 6) is 0. The molecule has 2 aromatic rings. The molecule has 0 amide bonds. The fourth-order valence-corrected chi connectivity index (χ4v) is 3.14. The van der Waals surface area contributed by atoms with E-state index in [1.54, 1.807) is 6.20 Å². The highest BCUT2D eigenvalue weighted by atomic mass is 79.9. The summed E-state index contributed by atoms with van der Waals surface area (Å²) in [6.45, 7) is 0. The monoisotopic (exact) mass is 319 g/mol. The van der Waals surface area contributed by atoms with Gasteiger partial charge in [-0.25, -0.2) is 4.68 Å².